The summed E-state index contributed by atoms with van der Waals surface area (Å²) in [6.07, 6.45) is 3.23. The molecule has 0 bridgehead atoms. The molecule has 0 radical (unpaired) electrons. The van der Waals surface area contributed by atoms with E-state index in [1.165, 1.54) is 6.42 Å². The molecule has 0 saturated carbocycles. The predicted molar refractivity (Wildman–Crippen MR) is 82.2 cm³/mol. The molecule has 1 aliphatic heterocycles. The summed E-state index contributed by atoms with van der Waals surface area (Å²) in [4.78, 5) is 14.1. The van der Waals surface area contributed by atoms with Crippen LogP contribution in [-0.2, 0) is 9.53 Å². The first-order chi connectivity index (χ1) is 8.17. The van der Waals surface area contributed by atoms with E-state index in [2.05, 4.69) is 17.1 Å². The fourth-order valence-corrected chi connectivity index (χ4v) is 2.18. The highest BCUT2D eigenvalue weighted by atomic mass is 35.5. The number of hydrogen-bond donors (Lipinski definition) is 2. The van der Waals surface area contributed by atoms with Gasteiger partial charge in [0.15, 0.2) is 0 Å². The Labute approximate surface area is 128 Å². The number of rotatable bonds is 6. The number of likely N-dealkylation sites (tertiary alicyclic amines) is 1. The van der Waals surface area contributed by atoms with Gasteiger partial charge in [-0.3, -0.25) is 4.79 Å². The Bertz CT molecular complexity index is 237. The standard InChI is InChI=1S/C12H25N3O2.2ClH/c1-3-6-15-7-4-10(5-8-15)14-12(16)11(13)9-17-2;;/h10-11H,3-9,13H2,1-2H3,(H,14,16);2*1H. The molecule has 1 unspecified atom stereocenters. The van der Waals surface area contributed by atoms with Crippen LogP contribution in [0.25, 0.3) is 0 Å². The third-order valence-electron chi connectivity index (χ3n) is 3.16. The lowest BCUT2D eigenvalue weighted by atomic mass is 10.0. The van der Waals surface area contributed by atoms with Crippen LogP contribution < -0.4 is 11.1 Å². The van der Waals surface area contributed by atoms with Crippen molar-refractivity contribution >= 4 is 30.7 Å². The van der Waals surface area contributed by atoms with Crippen LogP contribution in [0.3, 0.4) is 0 Å². The minimum absolute atomic E-state index is 0. The second-order valence-corrected chi connectivity index (χ2v) is 4.69. The van der Waals surface area contributed by atoms with E-state index < -0.39 is 6.04 Å². The molecule has 0 aliphatic carbocycles. The molecule has 1 atom stereocenters. The lowest BCUT2D eigenvalue weighted by molar-refractivity contribution is -0.124. The number of amides is 1. The van der Waals surface area contributed by atoms with Gasteiger partial charge in [-0.2, -0.15) is 0 Å². The van der Waals surface area contributed by atoms with E-state index in [4.69, 9.17) is 10.5 Å². The summed E-state index contributed by atoms with van der Waals surface area (Å²) in [5, 5.41) is 3.00. The van der Waals surface area contributed by atoms with Gasteiger partial charge in [0.2, 0.25) is 5.91 Å². The van der Waals surface area contributed by atoms with E-state index in [-0.39, 0.29) is 43.4 Å². The summed E-state index contributed by atoms with van der Waals surface area (Å²) >= 11 is 0. The SMILES string of the molecule is CCCN1CCC(NC(=O)C(N)COC)CC1.Cl.Cl. The highest BCUT2D eigenvalue weighted by Gasteiger charge is 2.22. The van der Waals surface area contributed by atoms with Crippen molar-refractivity contribution in [1.82, 2.24) is 10.2 Å². The molecule has 1 saturated heterocycles. The molecule has 1 fully saturated rings. The zero-order valence-corrected chi connectivity index (χ0v) is 13.4. The first-order valence-corrected chi connectivity index (χ1v) is 6.44. The van der Waals surface area contributed by atoms with Crippen molar-refractivity contribution in [2.75, 3.05) is 33.4 Å². The highest BCUT2D eigenvalue weighted by Crippen LogP contribution is 2.10. The second kappa shape index (κ2) is 11.7. The Kier molecular flexibility index (Phi) is 13.1. The number of carbonyl (C=O) groups is 1. The quantitative estimate of drug-likeness (QED) is 0.760. The number of piperidine rings is 1. The Morgan fingerprint density at radius 3 is 2.47 bits per heavy atom. The Balaban J connectivity index is 0. The summed E-state index contributed by atoms with van der Waals surface area (Å²) in [5.74, 6) is -0.0965. The third kappa shape index (κ3) is 7.95. The van der Waals surface area contributed by atoms with Gasteiger partial charge in [0.25, 0.3) is 0 Å². The fraction of sp³-hybridized carbons (Fsp3) is 0.917. The lowest BCUT2D eigenvalue weighted by Gasteiger charge is -2.32. The normalized spacial score (nSPS) is 18.1. The minimum Gasteiger partial charge on any atom is -0.383 e. The molecule has 7 heteroatoms. The van der Waals surface area contributed by atoms with Gasteiger partial charge in [0.1, 0.15) is 6.04 Å². The summed E-state index contributed by atoms with van der Waals surface area (Å²) in [7, 11) is 1.55. The summed E-state index contributed by atoms with van der Waals surface area (Å²) in [6, 6.07) is -0.271. The van der Waals surface area contributed by atoms with Crippen molar-refractivity contribution in [2.24, 2.45) is 5.73 Å². The molecule has 1 heterocycles. The van der Waals surface area contributed by atoms with Gasteiger partial charge in [0.05, 0.1) is 6.61 Å². The highest BCUT2D eigenvalue weighted by molar-refractivity contribution is 5.85. The zero-order chi connectivity index (χ0) is 12.7. The molecule has 116 valence electrons. The molecular weight excluding hydrogens is 289 g/mol. The van der Waals surface area contributed by atoms with Crippen molar-refractivity contribution in [1.29, 1.82) is 0 Å². The van der Waals surface area contributed by atoms with Gasteiger partial charge in [-0.25, -0.2) is 0 Å². The number of nitrogens with two attached hydrogens (primary N) is 1. The van der Waals surface area contributed by atoms with Crippen molar-refractivity contribution < 1.29 is 9.53 Å². The largest absolute Gasteiger partial charge is 0.383 e. The number of nitrogens with zero attached hydrogens (tertiary/aromatic N) is 1. The zero-order valence-electron chi connectivity index (χ0n) is 11.8. The van der Waals surface area contributed by atoms with E-state index in [1.54, 1.807) is 7.11 Å². The number of methoxy groups -OCH3 is 1. The van der Waals surface area contributed by atoms with Gasteiger partial charge >= 0.3 is 0 Å². The van der Waals surface area contributed by atoms with Crippen LogP contribution in [-0.4, -0.2) is 56.2 Å². The number of hydrogen-bond acceptors (Lipinski definition) is 4. The van der Waals surface area contributed by atoms with E-state index in [0.29, 0.717) is 0 Å². The molecule has 3 N–H and O–H groups in total. The number of ether oxygens (including phenoxy) is 1. The van der Waals surface area contributed by atoms with Crippen LogP contribution in [0.15, 0.2) is 0 Å². The molecule has 0 aromatic heterocycles. The lowest BCUT2D eigenvalue weighted by Crippen LogP contribution is -2.50. The van der Waals surface area contributed by atoms with Crippen molar-refractivity contribution in [3.8, 4) is 0 Å². The average molecular weight is 316 g/mol. The molecule has 19 heavy (non-hydrogen) atoms. The van der Waals surface area contributed by atoms with Crippen LogP contribution in [0.1, 0.15) is 26.2 Å². The average Bonchev–Trinajstić information content (AvgIpc) is 2.32. The molecule has 0 spiro atoms. The fourth-order valence-electron chi connectivity index (χ4n) is 2.18. The van der Waals surface area contributed by atoms with E-state index in [9.17, 15) is 4.79 Å². The van der Waals surface area contributed by atoms with Crippen LogP contribution in [0.2, 0.25) is 0 Å². The molecule has 1 amide bonds. The minimum atomic E-state index is -0.548. The first kappa shape index (κ1) is 21.2. The van der Waals surface area contributed by atoms with Crippen LogP contribution >= 0.6 is 24.8 Å². The maximum absolute atomic E-state index is 11.7. The molecule has 1 aliphatic rings. The van der Waals surface area contributed by atoms with Crippen molar-refractivity contribution in [3.63, 3.8) is 0 Å². The van der Waals surface area contributed by atoms with Crippen LogP contribution in [0.4, 0.5) is 0 Å². The first-order valence-electron chi connectivity index (χ1n) is 6.44. The van der Waals surface area contributed by atoms with Gasteiger partial charge in [-0.1, -0.05) is 6.92 Å². The van der Waals surface area contributed by atoms with Crippen molar-refractivity contribution in [3.05, 3.63) is 0 Å². The topological polar surface area (TPSA) is 67.6 Å². The Morgan fingerprint density at radius 1 is 1.42 bits per heavy atom. The summed E-state index contributed by atoms with van der Waals surface area (Å²) in [5.41, 5.74) is 5.67. The molecule has 0 aromatic carbocycles. The van der Waals surface area contributed by atoms with Gasteiger partial charge in [-0.05, 0) is 25.8 Å². The number of nitrogens with one attached hydrogen (secondary N) is 1. The smallest absolute Gasteiger partial charge is 0.239 e. The Morgan fingerprint density at radius 2 is 2.00 bits per heavy atom. The van der Waals surface area contributed by atoms with E-state index in [1.807, 2.05) is 0 Å². The monoisotopic (exact) mass is 315 g/mol. The second-order valence-electron chi connectivity index (χ2n) is 4.69. The van der Waals surface area contributed by atoms with Gasteiger partial charge in [-0.15, -0.1) is 24.8 Å². The van der Waals surface area contributed by atoms with E-state index in [0.717, 1.165) is 32.5 Å². The third-order valence-corrected chi connectivity index (χ3v) is 3.16. The number of halogens is 2. The summed E-state index contributed by atoms with van der Waals surface area (Å²) in [6.45, 7) is 5.76. The maximum atomic E-state index is 11.7. The maximum Gasteiger partial charge on any atom is 0.239 e. The molecule has 0 aromatic rings. The molecular formula is C12H27Cl2N3O2. The van der Waals surface area contributed by atoms with Crippen LogP contribution in [0, 0.1) is 0 Å². The molecule has 5 nitrogen and oxygen atoms in total. The van der Waals surface area contributed by atoms with Gasteiger partial charge in [0, 0.05) is 26.2 Å². The predicted octanol–water partition coefficient (Wildman–Crippen LogP) is 0.794. The number of carbonyl (C=O) groups excluding carboxylic acids is 1. The van der Waals surface area contributed by atoms with Crippen molar-refractivity contribution in [2.45, 2.75) is 38.3 Å². The summed E-state index contributed by atoms with van der Waals surface area (Å²) < 4.78 is 4.87. The van der Waals surface area contributed by atoms with Gasteiger partial charge < -0.3 is 20.7 Å². The molecule has 1 rings (SSSR count). The van der Waals surface area contributed by atoms with Crippen LogP contribution in [0.5, 0.6) is 0 Å². The Hall–Kier alpha value is -0.0700. The van der Waals surface area contributed by atoms with E-state index >= 15 is 0 Å².